The molecule has 0 fully saturated rings. The topological polar surface area (TPSA) is 126 Å². The Kier molecular flexibility index (Phi) is 9.32. The maximum Gasteiger partial charge on any atom is 0.269 e. The van der Waals surface area contributed by atoms with Gasteiger partial charge in [-0.3, -0.25) is 4.79 Å². The molecule has 0 unspecified atom stereocenters. The summed E-state index contributed by atoms with van der Waals surface area (Å²) in [5.41, 5.74) is 7.15. The molecule has 0 bridgehead atoms. The van der Waals surface area contributed by atoms with E-state index in [0.717, 1.165) is 37.7 Å². The van der Waals surface area contributed by atoms with Gasteiger partial charge < -0.3 is 30.5 Å². The van der Waals surface area contributed by atoms with Crippen LogP contribution in [0.3, 0.4) is 0 Å². The smallest absolute Gasteiger partial charge is 0.269 e. The number of amides is 1. The second-order valence-corrected chi connectivity index (χ2v) is 9.84. The van der Waals surface area contributed by atoms with Gasteiger partial charge in [0.2, 0.25) is 0 Å². The Labute approximate surface area is 198 Å². The lowest BCUT2D eigenvalue weighted by Crippen LogP contribution is -2.36. The monoisotopic (exact) mass is 559 g/mol. The average Bonchev–Trinajstić information content (AvgIpc) is 3.09. The van der Waals surface area contributed by atoms with Crippen molar-refractivity contribution in [2.45, 2.75) is 19.3 Å². The zero-order valence-electron chi connectivity index (χ0n) is 17.9. The van der Waals surface area contributed by atoms with Crippen molar-refractivity contribution in [3.63, 3.8) is 0 Å². The van der Waals surface area contributed by atoms with Crippen molar-refractivity contribution in [2.75, 3.05) is 46.6 Å². The molecule has 0 radical (unpaired) electrons. The van der Waals surface area contributed by atoms with Gasteiger partial charge in [-0.1, -0.05) is 5.16 Å². The van der Waals surface area contributed by atoms with Crippen LogP contribution in [0.5, 0.6) is 5.75 Å². The molecule has 2 rings (SSSR count). The van der Waals surface area contributed by atoms with Crippen molar-refractivity contribution in [3.8, 4) is 5.75 Å². The second-order valence-electron chi connectivity index (χ2n) is 8.13. The summed E-state index contributed by atoms with van der Waals surface area (Å²) in [6.07, 6.45) is 3.24. The number of rotatable bonds is 11. The fraction of sp³-hybridized carbons (Fsp3) is 0.450. The van der Waals surface area contributed by atoms with E-state index in [1.165, 1.54) is 0 Å². The van der Waals surface area contributed by atoms with Crippen molar-refractivity contribution in [1.29, 1.82) is 0 Å². The normalized spacial score (nSPS) is 12.1. The first kappa shape index (κ1) is 25.2. The number of aromatic amines is 1. The fourth-order valence-corrected chi connectivity index (χ4v) is 4.35. The number of carbonyl (C=O) groups is 1. The number of benzene rings is 1. The van der Waals surface area contributed by atoms with Crippen LogP contribution in [-0.4, -0.2) is 72.1 Å². The van der Waals surface area contributed by atoms with E-state index in [4.69, 9.17) is 10.5 Å². The van der Waals surface area contributed by atoms with Gasteiger partial charge in [0, 0.05) is 31.5 Å². The minimum Gasteiger partial charge on any atom is -0.491 e. The molecular weight excluding hydrogens is 532 g/mol. The number of nitrogens with one attached hydrogen (secondary N) is 2. The summed E-state index contributed by atoms with van der Waals surface area (Å²) in [4.78, 5) is 19.2. The standard InChI is InChI=1S/C20H28Br2N6O3/c1-28(2,3)7-4-8-31-18-15(21)9-13(10-16(18)22)11-17(27-30)19(29)24-6-5-14-12-25-20(23)26-14/h9-10,12H,4-8,11H2,1-3H3,(H4-,23,24,25,26,27,29,30)/p+1. The highest BCUT2D eigenvalue weighted by Gasteiger charge is 2.16. The molecule has 0 saturated carbocycles. The van der Waals surface area contributed by atoms with Gasteiger partial charge in [0.05, 0.1) is 49.4 Å². The maximum absolute atomic E-state index is 12.4. The molecule has 5 N–H and O–H groups in total. The molecule has 1 amide bonds. The number of aromatic nitrogens is 2. The molecule has 1 aromatic heterocycles. The number of nitrogens with zero attached hydrogens (tertiary/aromatic N) is 3. The lowest BCUT2D eigenvalue weighted by Gasteiger charge is -2.23. The number of halogens is 2. The molecule has 0 atom stereocenters. The molecule has 0 spiro atoms. The van der Waals surface area contributed by atoms with Crippen LogP contribution in [0, 0.1) is 0 Å². The molecule has 9 nitrogen and oxygen atoms in total. The quantitative estimate of drug-likeness (QED) is 0.110. The Morgan fingerprint density at radius 2 is 2.00 bits per heavy atom. The Balaban J connectivity index is 1.91. The summed E-state index contributed by atoms with van der Waals surface area (Å²) in [5.74, 6) is 0.592. The molecule has 31 heavy (non-hydrogen) atoms. The molecule has 0 saturated heterocycles. The molecule has 0 aliphatic rings. The van der Waals surface area contributed by atoms with Gasteiger partial charge in [0.25, 0.3) is 5.91 Å². The van der Waals surface area contributed by atoms with Gasteiger partial charge in [-0.15, -0.1) is 0 Å². The maximum atomic E-state index is 12.4. The molecule has 2 aromatic rings. The number of hydrogen-bond acceptors (Lipinski definition) is 6. The Hall–Kier alpha value is -2.11. The Morgan fingerprint density at radius 1 is 1.32 bits per heavy atom. The van der Waals surface area contributed by atoms with Crippen LogP contribution in [0.4, 0.5) is 5.95 Å². The van der Waals surface area contributed by atoms with E-state index in [1.807, 2.05) is 12.1 Å². The highest BCUT2D eigenvalue weighted by Crippen LogP contribution is 2.35. The predicted molar refractivity (Wildman–Crippen MR) is 127 cm³/mol. The Bertz CT molecular complexity index is 901. The van der Waals surface area contributed by atoms with Crippen molar-refractivity contribution in [1.82, 2.24) is 15.3 Å². The molecule has 1 heterocycles. The van der Waals surface area contributed by atoms with Crippen LogP contribution >= 0.6 is 31.9 Å². The molecule has 11 heteroatoms. The fourth-order valence-electron chi connectivity index (χ4n) is 2.84. The number of carbonyl (C=O) groups excluding carboxylic acids is 1. The number of oxime groups is 1. The predicted octanol–water partition coefficient (Wildman–Crippen LogP) is 2.72. The van der Waals surface area contributed by atoms with Gasteiger partial charge in [0.15, 0.2) is 5.95 Å². The first-order valence-corrected chi connectivity index (χ1v) is 11.4. The molecular formula is C20H29Br2N6O3+. The van der Waals surface area contributed by atoms with E-state index in [2.05, 4.69) is 73.4 Å². The molecule has 170 valence electrons. The van der Waals surface area contributed by atoms with E-state index in [0.29, 0.717) is 31.3 Å². The van der Waals surface area contributed by atoms with Gasteiger partial charge in [-0.05, 0) is 49.6 Å². The summed E-state index contributed by atoms with van der Waals surface area (Å²) in [6, 6.07) is 3.71. The van der Waals surface area contributed by atoms with Crippen molar-refractivity contribution >= 4 is 49.4 Å². The highest BCUT2D eigenvalue weighted by atomic mass is 79.9. The van der Waals surface area contributed by atoms with Crippen LogP contribution in [0.15, 0.2) is 32.4 Å². The zero-order chi connectivity index (χ0) is 23.0. The zero-order valence-corrected chi connectivity index (χ0v) is 21.1. The van der Waals surface area contributed by atoms with Crippen molar-refractivity contribution < 1.29 is 19.2 Å². The third-order valence-corrected chi connectivity index (χ3v) is 5.54. The van der Waals surface area contributed by atoms with Gasteiger partial charge in [0.1, 0.15) is 11.5 Å². The molecule has 0 aliphatic carbocycles. The number of quaternary nitrogens is 1. The minimum absolute atomic E-state index is 0.0135. The SMILES string of the molecule is C[N+](C)(C)CCCOc1c(Br)cc(CC(=NO)C(=O)NCCc2cnc(N)[nH]2)cc1Br. The minimum atomic E-state index is -0.442. The van der Waals surface area contributed by atoms with E-state index < -0.39 is 5.91 Å². The summed E-state index contributed by atoms with van der Waals surface area (Å²) >= 11 is 7.05. The van der Waals surface area contributed by atoms with Crippen molar-refractivity contribution in [3.05, 3.63) is 38.5 Å². The number of ether oxygens (including phenoxy) is 1. The van der Waals surface area contributed by atoms with Crippen LogP contribution in [0.1, 0.15) is 17.7 Å². The first-order valence-electron chi connectivity index (χ1n) is 9.78. The first-order chi connectivity index (χ1) is 14.6. The summed E-state index contributed by atoms with van der Waals surface area (Å²) < 4.78 is 8.32. The van der Waals surface area contributed by atoms with E-state index in [-0.39, 0.29) is 12.1 Å². The molecule has 0 aliphatic heterocycles. The summed E-state index contributed by atoms with van der Waals surface area (Å²) in [5, 5.41) is 15.2. The third kappa shape index (κ3) is 8.50. The number of nitrogens with two attached hydrogens (primary N) is 1. The Morgan fingerprint density at radius 3 is 2.55 bits per heavy atom. The van der Waals surface area contributed by atoms with E-state index in [9.17, 15) is 10.0 Å². The van der Waals surface area contributed by atoms with Gasteiger partial charge in [-0.2, -0.15) is 0 Å². The average molecular weight is 561 g/mol. The number of hydrogen-bond donors (Lipinski definition) is 4. The van der Waals surface area contributed by atoms with Gasteiger partial charge >= 0.3 is 0 Å². The largest absolute Gasteiger partial charge is 0.491 e. The summed E-state index contributed by atoms with van der Waals surface area (Å²) in [6.45, 7) is 1.96. The van der Waals surface area contributed by atoms with Crippen molar-refractivity contribution in [2.24, 2.45) is 5.16 Å². The van der Waals surface area contributed by atoms with Gasteiger partial charge in [-0.25, -0.2) is 4.98 Å². The van der Waals surface area contributed by atoms with Crippen LogP contribution in [0.25, 0.3) is 0 Å². The number of H-pyrrole nitrogens is 1. The highest BCUT2D eigenvalue weighted by molar-refractivity contribution is 9.11. The van der Waals surface area contributed by atoms with Crippen LogP contribution < -0.4 is 15.8 Å². The number of imidazole rings is 1. The number of nitrogen functional groups attached to an aromatic ring is 1. The lowest BCUT2D eigenvalue weighted by atomic mass is 10.1. The lowest BCUT2D eigenvalue weighted by molar-refractivity contribution is -0.870. The second kappa shape index (κ2) is 11.5. The third-order valence-electron chi connectivity index (χ3n) is 4.36. The number of anilines is 1. The van der Waals surface area contributed by atoms with E-state index >= 15 is 0 Å². The van der Waals surface area contributed by atoms with Crippen LogP contribution in [0.2, 0.25) is 0 Å². The van der Waals surface area contributed by atoms with Crippen LogP contribution in [-0.2, 0) is 17.6 Å². The van der Waals surface area contributed by atoms with E-state index in [1.54, 1.807) is 6.20 Å². The molecule has 1 aromatic carbocycles. The summed E-state index contributed by atoms with van der Waals surface area (Å²) in [7, 11) is 6.43.